The van der Waals surface area contributed by atoms with Gasteiger partial charge in [0.05, 0.1) is 5.69 Å². The molecular formula is C28H35N3O4. The topological polar surface area (TPSA) is 93.5 Å². The Bertz CT molecular complexity index is 1090. The number of hydrogen-bond acceptors (Lipinski definition) is 5. The van der Waals surface area contributed by atoms with Crippen LogP contribution >= 0.6 is 0 Å². The Kier molecular flexibility index (Phi) is 7.04. The molecule has 2 aromatic rings. The quantitative estimate of drug-likeness (QED) is 0.621. The van der Waals surface area contributed by atoms with Gasteiger partial charge in [-0.2, -0.15) is 0 Å². The molecule has 5 rings (SSSR count). The first-order valence-corrected chi connectivity index (χ1v) is 13.0. The molecule has 0 bridgehead atoms. The van der Waals surface area contributed by atoms with Crippen LogP contribution in [0.1, 0.15) is 85.0 Å². The lowest BCUT2D eigenvalue weighted by molar-refractivity contribution is -0.119. The molecule has 2 heterocycles. The van der Waals surface area contributed by atoms with Gasteiger partial charge in [-0.15, -0.1) is 0 Å². The van der Waals surface area contributed by atoms with E-state index in [2.05, 4.69) is 40.1 Å². The number of ether oxygens (including phenoxy) is 1. The molecule has 0 radical (unpaired) electrons. The first-order valence-electron chi connectivity index (χ1n) is 13.0. The van der Waals surface area contributed by atoms with Gasteiger partial charge >= 0.3 is 0 Å². The van der Waals surface area contributed by atoms with Crippen LogP contribution in [0.4, 0.5) is 5.69 Å². The minimum atomic E-state index is -0.611. The molecule has 2 fully saturated rings. The summed E-state index contributed by atoms with van der Waals surface area (Å²) in [4.78, 5) is 26.6. The molecule has 1 saturated heterocycles. The Morgan fingerprint density at radius 1 is 1.09 bits per heavy atom. The van der Waals surface area contributed by atoms with Gasteiger partial charge in [0.25, 0.3) is 5.91 Å². The third-order valence-corrected chi connectivity index (χ3v) is 8.01. The number of anilines is 1. The van der Waals surface area contributed by atoms with Gasteiger partial charge in [-0.25, -0.2) is 0 Å². The molecule has 2 N–H and O–H groups in total. The van der Waals surface area contributed by atoms with E-state index in [1.807, 2.05) is 6.07 Å². The van der Waals surface area contributed by atoms with Gasteiger partial charge in [0.2, 0.25) is 5.91 Å². The van der Waals surface area contributed by atoms with Crippen molar-refractivity contribution in [2.24, 2.45) is 5.92 Å². The maximum absolute atomic E-state index is 13.6. The lowest BCUT2D eigenvalue weighted by atomic mass is 9.76. The summed E-state index contributed by atoms with van der Waals surface area (Å²) >= 11 is 0. The smallest absolute Gasteiger partial charge is 0.257 e. The minimum absolute atomic E-state index is 0.0575. The fraction of sp³-hybridized carbons (Fsp3) is 0.536. The third-order valence-electron chi connectivity index (χ3n) is 8.01. The van der Waals surface area contributed by atoms with Crippen LogP contribution in [0, 0.1) is 12.8 Å². The summed E-state index contributed by atoms with van der Waals surface area (Å²) in [5, 5.41) is 9.94. The average Bonchev–Trinajstić information content (AvgIpc) is 3.42. The molecule has 7 heteroatoms. The molecule has 1 atom stereocenters. The Morgan fingerprint density at radius 3 is 2.54 bits per heavy atom. The standard InChI is InChI=1S/C28H35N3O4/c1-19-23(18-35-31-19)26(32)30-25(20-7-5-3-2-4-6-8-20)27(33)29-22-9-10-24-21(17-22)11-12-28(24)13-15-34-16-14-28/h9-12,17-18,20,25H,2-8,13-16H2,1H3,(H,29,33)(H,30,32). The molecule has 186 valence electrons. The highest BCUT2D eigenvalue weighted by Crippen LogP contribution is 2.44. The number of fused-ring (bicyclic) bond motifs is 2. The van der Waals surface area contributed by atoms with E-state index in [9.17, 15) is 9.59 Å². The van der Waals surface area contributed by atoms with Crippen LogP contribution < -0.4 is 10.6 Å². The largest absolute Gasteiger partial charge is 0.381 e. The van der Waals surface area contributed by atoms with E-state index < -0.39 is 6.04 Å². The normalized spacial score (nSPS) is 20.6. The number of aryl methyl sites for hydroxylation is 1. The molecule has 1 saturated carbocycles. The zero-order chi connectivity index (χ0) is 24.3. The Morgan fingerprint density at radius 2 is 1.83 bits per heavy atom. The zero-order valence-corrected chi connectivity index (χ0v) is 20.5. The number of allylic oxidation sites excluding steroid dienone is 1. The number of rotatable bonds is 5. The minimum Gasteiger partial charge on any atom is -0.381 e. The van der Waals surface area contributed by atoms with Crippen molar-refractivity contribution in [2.75, 3.05) is 18.5 Å². The van der Waals surface area contributed by atoms with E-state index in [0.29, 0.717) is 11.3 Å². The number of aromatic nitrogens is 1. The predicted octanol–water partition coefficient (Wildman–Crippen LogP) is 5.16. The summed E-state index contributed by atoms with van der Waals surface area (Å²) < 4.78 is 10.5. The second kappa shape index (κ2) is 10.4. The fourth-order valence-corrected chi connectivity index (χ4v) is 5.91. The lowest BCUT2D eigenvalue weighted by Gasteiger charge is -2.33. The highest BCUT2D eigenvalue weighted by Gasteiger charge is 2.37. The van der Waals surface area contributed by atoms with E-state index in [1.54, 1.807) is 6.92 Å². The van der Waals surface area contributed by atoms with E-state index in [-0.39, 0.29) is 23.1 Å². The summed E-state index contributed by atoms with van der Waals surface area (Å²) in [6.45, 7) is 3.28. The molecule has 3 aliphatic rings. The molecule has 35 heavy (non-hydrogen) atoms. The number of nitrogens with one attached hydrogen (secondary N) is 2. The van der Waals surface area contributed by atoms with Crippen molar-refractivity contribution in [3.05, 3.63) is 52.9 Å². The van der Waals surface area contributed by atoms with Crippen molar-refractivity contribution in [2.45, 2.75) is 76.2 Å². The monoisotopic (exact) mass is 477 g/mol. The van der Waals surface area contributed by atoms with Crippen LogP contribution in [-0.2, 0) is 14.9 Å². The van der Waals surface area contributed by atoms with Crippen molar-refractivity contribution in [1.29, 1.82) is 0 Å². The van der Waals surface area contributed by atoms with Crippen molar-refractivity contribution in [3.8, 4) is 0 Å². The molecular weight excluding hydrogens is 442 g/mol. The Hall–Kier alpha value is -2.93. The van der Waals surface area contributed by atoms with E-state index in [4.69, 9.17) is 9.26 Å². The van der Waals surface area contributed by atoms with Crippen molar-refractivity contribution in [3.63, 3.8) is 0 Å². The SMILES string of the molecule is Cc1nocc1C(=O)NC(C(=O)Nc1ccc2c(c1)C=CC21CCOCC1)C1CCCCCCC1. The second-order valence-corrected chi connectivity index (χ2v) is 10.3. The number of carbonyl (C=O) groups is 2. The number of benzene rings is 1. The van der Waals surface area contributed by atoms with Gasteiger partial charge in [-0.1, -0.05) is 55.5 Å². The number of amides is 2. The van der Waals surface area contributed by atoms with Crippen LogP contribution in [0.15, 0.2) is 35.1 Å². The van der Waals surface area contributed by atoms with Gasteiger partial charge in [-0.05, 0) is 61.8 Å². The highest BCUT2D eigenvalue weighted by molar-refractivity contribution is 6.01. The summed E-state index contributed by atoms with van der Waals surface area (Å²) in [5.74, 6) is -0.385. The van der Waals surface area contributed by atoms with Gasteiger partial charge in [0, 0.05) is 24.3 Å². The van der Waals surface area contributed by atoms with E-state index in [1.165, 1.54) is 31.1 Å². The fourth-order valence-electron chi connectivity index (χ4n) is 5.91. The average molecular weight is 478 g/mol. The molecule has 2 aliphatic carbocycles. The number of nitrogens with zero attached hydrogens (tertiary/aromatic N) is 1. The molecule has 1 aromatic heterocycles. The summed E-state index contributed by atoms with van der Waals surface area (Å²) in [5.41, 5.74) is 4.17. The van der Waals surface area contributed by atoms with Gasteiger partial charge in [-0.3, -0.25) is 9.59 Å². The predicted molar refractivity (Wildman–Crippen MR) is 134 cm³/mol. The maximum atomic E-state index is 13.6. The third kappa shape index (κ3) is 5.06. The van der Waals surface area contributed by atoms with Crippen LogP contribution in [0.2, 0.25) is 0 Å². The number of hydrogen-bond donors (Lipinski definition) is 2. The molecule has 1 aliphatic heterocycles. The van der Waals surface area contributed by atoms with Crippen LogP contribution in [-0.4, -0.2) is 36.2 Å². The highest BCUT2D eigenvalue weighted by atomic mass is 16.5. The maximum Gasteiger partial charge on any atom is 0.257 e. The molecule has 2 amide bonds. The van der Waals surface area contributed by atoms with Gasteiger partial charge in [0.1, 0.15) is 17.9 Å². The van der Waals surface area contributed by atoms with Crippen LogP contribution in [0.5, 0.6) is 0 Å². The van der Waals surface area contributed by atoms with Gasteiger partial charge < -0.3 is 19.9 Å². The second-order valence-electron chi connectivity index (χ2n) is 10.3. The van der Waals surface area contributed by atoms with Crippen LogP contribution in [0.25, 0.3) is 6.08 Å². The lowest BCUT2D eigenvalue weighted by Crippen LogP contribution is -2.48. The van der Waals surface area contributed by atoms with E-state index >= 15 is 0 Å². The Balaban J connectivity index is 1.34. The molecule has 1 aromatic carbocycles. The van der Waals surface area contributed by atoms with Crippen molar-refractivity contribution >= 4 is 23.6 Å². The summed E-state index contributed by atoms with van der Waals surface area (Å²) in [6, 6.07) is 5.57. The molecule has 1 unspecified atom stereocenters. The zero-order valence-electron chi connectivity index (χ0n) is 20.5. The molecule has 1 spiro atoms. The van der Waals surface area contributed by atoms with Crippen LogP contribution in [0.3, 0.4) is 0 Å². The van der Waals surface area contributed by atoms with Crippen molar-refractivity contribution in [1.82, 2.24) is 10.5 Å². The van der Waals surface area contributed by atoms with Crippen molar-refractivity contribution < 1.29 is 18.8 Å². The molecule has 7 nitrogen and oxygen atoms in total. The summed E-state index contributed by atoms with van der Waals surface area (Å²) in [6.07, 6.45) is 15.4. The first-order chi connectivity index (χ1) is 17.1. The first kappa shape index (κ1) is 23.8. The Labute approximate surface area is 206 Å². The van der Waals surface area contributed by atoms with Gasteiger partial charge in [0.15, 0.2) is 0 Å². The summed E-state index contributed by atoms with van der Waals surface area (Å²) in [7, 11) is 0. The number of carbonyl (C=O) groups excluding carboxylic acids is 2. The van der Waals surface area contributed by atoms with E-state index in [0.717, 1.165) is 63.0 Å².